The van der Waals surface area contributed by atoms with E-state index in [0.29, 0.717) is 0 Å². The van der Waals surface area contributed by atoms with Crippen LogP contribution in [0.4, 0.5) is 0 Å². The molecule has 1 aliphatic heterocycles. The second kappa shape index (κ2) is 4.28. The van der Waals surface area contributed by atoms with Gasteiger partial charge >= 0.3 is 0 Å². The minimum absolute atomic E-state index is 0.00889. The number of carbonyl (C=O) groups is 2. The fourth-order valence-corrected chi connectivity index (χ4v) is 2.33. The van der Waals surface area contributed by atoms with Crippen LogP contribution in [0.2, 0.25) is 0 Å². The molecule has 1 aliphatic carbocycles. The predicted molar refractivity (Wildman–Crippen MR) is 52.9 cm³/mol. The molecular formula is C10H16N2O3. The fourth-order valence-electron chi connectivity index (χ4n) is 2.33. The number of nitrogens with two attached hydrogens (primary N) is 1. The third kappa shape index (κ3) is 2.03. The van der Waals surface area contributed by atoms with Gasteiger partial charge in [-0.3, -0.25) is 14.5 Å². The first-order valence-corrected chi connectivity index (χ1v) is 5.38. The summed E-state index contributed by atoms with van der Waals surface area (Å²) in [6, 6.07) is -0.174. The van der Waals surface area contributed by atoms with Crippen LogP contribution >= 0.6 is 0 Å². The molecule has 0 aromatic heterocycles. The van der Waals surface area contributed by atoms with Crippen molar-refractivity contribution in [2.24, 2.45) is 5.73 Å². The Labute approximate surface area is 88.5 Å². The standard InChI is InChI=1S/C10H16N2O3/c11-7-3-1-2-4-8(7)12-9(13)5-15-6-10(12)14/h7-8H,1-6,11H2/t7-,8-/m1/s1. The molecule has 1 saturated carbocycles. The first-order valence-electron chi connectivity index (χ1n) is 5.38. The third-order valence-electron chi connectivity index (χ3n) is 3.10. The van der Waals surface area contributed by atoms with E-state index >= 15 is 0 Å². The van der Waals surface area contributed by atoms with E-state index < -0.39 is 0 Å². The zero-order valence-corrected chi connectivity index (χ0v) is 8.65. The zero-order valence-electron chi connectivity index (χ0n) is 8.65. The molecule has 15 heavy (non-hydrogen) atoms. The van der Waals surface area contributed by atoms with E-state index in [9.17, 15) is 9.59 Å². The molecule has 2 atom stereocenters. The van der Waals surface area contributed by atoms with E-state index in [0.717, 1.165) is 25.7 Å². The normalized spacial score (nSPS) is 33.3. The maximum Gasteiger partial charge on any atom is 0.255 e. The van der Waals surface area contributed by atoms with E-state index in [1.165, 1.54) is 4.90 Å². The largest absolute Gasteiger partial charge is 0.362 e. The van der Waals surface area contributed by atoms with Crippen LogP contribution in [0.3, 0.4) is 0 Å². The molecule has 5 nitrogen and oxygen atoms in total. The van der Waals surface area contributed by atoms with Crippen molar-refractivity contribution in [2.45, 2.75) is 37.8 Å². The molecular weight excluding hydrogens is 196 g/mol. The van der Waals surface area contributed by atoms with E-state index in [1.807, 2.05) is 0 Å². The summed E-state index contributed by atoms with van der Waals surface area (Å²) in [6.07, 6.45) is 3.85. The summed E-state index contributed by atoms with van der Waals surface area (Å²) >= 11 is 0. The van der Waals surface area contributed by atoms with Crippen LogP contribution in [0.5, 0.6) is 0 Å². The van der Waals surface area contributed by atoms with Crippen molar-refractivity contribution in [3.63, 3.8) is 0 Å². The van der Waals surface area contributed by atoms with Crippen molar-refractivity contribution in [2.75, 3.05) is 13.2 Å². The number of rotatable bonds is 1. The SMILES string of the molecule is N[C@@H]1CCCC[C@H]1N1C(=O)COCC1=O. The first kappa shape index (κ1) is 10.6. The highest BCUT2D eigenvalue weighted by molar-refractivity contribution is 5.98. The Kier molecular flexibility index (Phi) is 3.02. The molecule has 84 valence electrons. The van der Waals surface area contributed by atoms with Crippen LogP contribution in [0, 0.1) is 0 Å². The number of hydrogen-bond donors (Lipinski definition) is 1. The quantitative estimate of drug-likeness (QED) is 0.602. The lowest BCUT2D eigenvalue weighted by atomic mass is 9.89. The zero-order chi connectivity index (χ0) is 10.8. The molecule has 2 amide bonds. The first-order chi connectivity index (χ1) is 7.20. The van der Waals surface area contributed by atoms with Gasteiger partial charge in [-0.1, -0.05) is 12.8 Å². The Bertz CT molecular complexity index is 264. The van der Waals surface area contributed by atoms with Crippen molar-refractivity contribution in [3.05, 3.63) is 0 Å². The summed E-state index contributed by atoms with van der Waals surface area (Å²) in [6.45, 7) is 0.0178. The Morgan fingerprint density at radius 2 is 1.73 bits per heavy atom. The van der Waals surface area contributed by atoms with Crippen molar-refractivity contribution in [3.8, 4) is 0 Å². The summed E-state index contributed by atoms with van der Waals surface area (Å²) in [7, 11) is 0. The predicted octanol–water partition coefficient (Wildman–Crippen LogP) is -0.358. The number of nitrogens with zero attached hydrogens (tertiary/aromatic N) is 1. The van der Waals surface area contributed by atoms with Crippen molar-refractivity contribution < 1.29 is 14.3 Å². The molecule has 0 bridgehead atoms. The summed E-state index contributed by atoms with van der Waals surface area (Å²) in [5.41, 5.74) is 5.95. The molecule has 0 spiro atoms. The minimum Gasteiger partial charge on any atom is -0.362 e. The Morgan fingerprint density at radius 1 is 1.13 bits per heavy atom. The maximum absolute atomic E-state index is 11.6. The minimum atomic E-state index is -0.242. The van der Waals surface area contributed by atoms with Gasteiger partial charge in [-0.25, -0.2) is 0 Å². The number of imide groups is 1. The summed E-state index contributed by atoms with van der Waals surface area (Å²) in [4.78, 5) is 24.5. The Hall–Kier alpha value is -0.940. The average Bonchev–Trinajstić information content (AvgIpc) is 2.20. The van der Waals surface area contributed by atoms with Crippen molar-refractivity contribution >= 4 is 11.8 Å². The highest BCUT2D eigenvalue weighted by Crippen LogP contribution is 2.23. The molecule has 0 aromatic carbocycles. The smallest absolute Gasteiger partial charge is 0.255 e. The molecule has 5 heteroatoms. The van der Waals surface area contributed by atoms with Gasteiger partial charge < -0.3 is 10.5 Å². The lowest BCUT2D eigenvalue weighted by molar-refractivity contribution is -0.162. The van der Waals surface area contributed by atoms with Gasteiger partial charge in [0.2, 0.25) is 0 Å². The maximum atomic E-state index is 11.6. The van der Waals surface area contributed by atoms with Gasteiger partial charge in [0.1, 0.15) is 13.2 Å². The topological polar surface area (TPSA) is 72.6 Å². The molecule has 2 rings (SSSR count). The highest BCUT2D eigenvalue weighted by atomic mass is 16.5. The number of ether oxygens (including phenoxy) is 1. The lowest BCUT2D eigenvalue weighted by Gasteiger charge is -2.38. The molecule has 2 N–H and O–H groups in total. The van der Waals surface area contributed by atoms with Crippen molar-refractivity contribution in [1.82, 2.24) is 4.90 Å². The molecule has 1 heterocycles. The van der Waals surface area contributed by atoms with Crippen LogP contribution in [0.25, 0.3) is 0 Å². The van der Waals surface area contributed by atoms with Gasteiger partial charge in [0.15, 0.2) is 0 Å². The highest BCUT2D eigenvalue weighted by Gasteiger charge is 2.37. The second-order valence-corrected chi connectivity index (χ2v) is 4.17. The lowest BCUT2D eigenvalue weighted by Crippen LogP contribution is -2.58. The van der Waals surface area contributed by atoms with Crippen LogP contribution in [0.15, 0.2) is 0 Å². The molecule has 0 aromatic rings. The van der Waals surface area contributed by atoms with Gasteiger partial charge in [0, 0.05) is 6.04 Å². The van der Waals surface area contributed by atoms with E-state index in [4.69, 9.17) is 10.5 Å². The summed E-state index contributed by atoms with van der Waals surface area (Å²) < 4.78 is 4.87. The van der Waals surface area contributed by atoms with Crippen LogP contribution in [0.1, 0.15) is 25.7 Å². The summed E-state index contributed by atoms with van der Waals surface area (Å²) in [5, 5.41) is 0. The van der Waals surface area contributed by atoms with Gasteiger partial charge in [0.05, 0.1) is 6.04 Å². The second-order valence-electron chi connectivity index (χ2n) is 4.17. The molecule has 2 fully saturated rings. The number of carbonyl (C=O) groups excluding carboxylic acids is 2. The molecule has 0 unspecified atom stereocenters. The number of morpholine rings is 1. The van der Waals surface area contributed by atoms with Gasteiger partial charge in [-0.05, 0) is 12.8 Å². The van der Waals surface area contributed by atoms with E-state index in [-0.39, 0.29) is 37.1 Å². The van der Waals surface area contributed by atoms with Crippen LogP contribution < -0.4 is 5.73 Å². The third-order valence-corrected chi connectivity index (χ3v) is 3.10. The van der Waals surface area contributed by atoms with Crippen LogP contribution in [-0.2, 0) is 14.3 Å². The van der Waals surface area contributed by atoms with E-state index in [2.05, 4.69) is 0 Å². The fraction of sp³-hybridized carbons (Fsp3) is 0.800. The Balaban J connectivity index is 2.12. The molecule has 0 radical (unpaired) electrons. The summed E-state index contributed by atoms with van der Waals surface area (Å²) in [5.74, 6) is -0.484. The monoisotopic (exact) mass is 212 g/mol. The molecule has 1 saturated heterocycles. The van der Waals surface area contributed by atoms with Gasteiger partial charge in [-0.2, -0.15) is 0 Å². The number of amides is 2. The Morgan fingerprint density at radius 3 is 2.33 bits per heavy atom. The van der Waals surface area contributed by atoms with Crippen LogP contribution in [-0.4, -0.2) is 42.0 Å². The van der Waals surface area contributed by atoms with Gasteiger partial charge in [-0.15, -0.1) is 0 Å². The number of hydrogen-bond acceptors (Lipinski definition) is 4. The van der Waals surface area contributed by atoms with Crippen molar-refractivity contribution in [1.29, 1.82) is 0 Å². The van der Waals surface area contributed by atoms with E-state index in [1.54, 1.807) is 0 Å². The average molecular weight is 212 g/mol. The van der Waals surface area contributed by atoms with Gasteiger partial charge in [0.25, 0.3) is 11.8 Å². The molecule has 2 aliphatic rings.